The van der Waals surface area contributed by atoms with Crippen LogP contribution in [0.4, 0.5) is 17.1 Å². The third-order valence-electron chi connectivity index (χ3n) is 8.44. The van der Waals surface area contributed by atoms with Crippen LogP contribution in [0.3, 0.4) is 0 Å². The summed E-state index contributed by atoms with van der Waals surface area (Å²) >= 11 is 3.80. The van der Waals surface area contributed by atoms with E-state index in [1.165, 1.54) is 67.9 Å². The fourth-order valence-electron chi connectivity index (χ4n) is 6.58. The number of rotatable bonds is 4. The van der Waals surface area contributed by atoms with Crippen LogP contribution in [0.2, 0.25) is 0 Å². The lowest BCUT2D eigenvalue weighted by atomic mass is 9.94. The molecule has 0 saturated carbocycles. The summed E-state index contributed by atoms with van der Waals surface area (Å²) in [5, 5.41) is 7.88. The van der Waals surface area contributed by atoms with Crippen molar-refractivity contribution in [2.24, 2.45) is 0 Å². The summed E-state index contributed by atoms with van der Waals surface area (Å²) in [5.41, 5.74) is 6.09. The highest BCUT2D eigenvalue weighted by Gasteiger charge is 2.21. The highest BCUT2D eigenvalue weighted by atomic mass is 32.1. The summed E-state index contributed by atoms with van der Waals surface area (Å²) in [6, 6.07) is 55.2. The van der Waals surface area contributed by atoms with Gasteiger partial charge in [0.05, 0.1) is 5.69 Å². The van der Waals surface area contributed by atoms with Crippen molar-refractivity contribution >= 4 is 90.9 Å². The van der Waals surface area contributed by atoms with Crippen molar-refractivity contribution in [2.75, 3.05) is 4.90 Å². The molecular weight excluding hydrogens is 559 g/mol. The third kappa shape index (κ3) is 3.82. The molecule has 0 aliphatic heterocycles. The van der Waals surface area contributed by atoms with Gasteiger partial charge in [0.15, 0.2) is 0 Å². The van der Waals surface area contributed by atoms with E-state index >= 15 is 0 Å². The monoisotopic (exact) mass is 583 g/mol. The molecule has 0 saturated heterocycles. The Balaban J connectivity index is 1.40. The van der Waals surface area contributed by atoms with Crippen LogP contribution in [-0.4, -0.2) is 0 Å². The summed E-state index contributed by atoms with van der Waals surface area (Å²) in [6.07, 6.45) is 0. The first kappa shape index (κ1) is 24.6. The van der Waals surface area contributed by atoms with Gasteiger partial charge >= 0.3 is 0 Å². The van der Waals surface area contributed by atoms with Crippen LogP contribution >= 0.6 is 22.7 Å². The van der Waals surface area contributed by atoms with Gasteiger partial charge in [-0.05, 0) is 59.5 Å². The molecule has 1 nitrogen and oxygen atoms in total. The zero-order chi connectivity index (χ0) is 28.3. The third-order valence-corrected chi connectivity index (χ3v) is 10.9. The second-order valence-corrected chi connectivity index (χ2v) is 13.0. The van der Waals surface area contributed by atoms with Gasteiger partial charge in [-0.3, -0.25) is 0 Å². The van der Waals surface area contributed by atoms with E-state index in [1.807, 2.05) is 22.7 Å². The summed E-state index contributed by atoms with van der Waals surface area (Å²) < 4.78 is 5.32. The zero-order valence-corrected chi connectivity index (χ0v) is 24.8. The zero-order valence-electron chi connectivity index (χ0n) is 23.2. The number of hydrogen-bond acceptors (Lipinski definition) is 3. The standard InChI is InChI=1S/C40H25NS2/c1-3-13-26(14-4-1)41(27-15-5-2-6-16-27)35-22-12-24-37-38(35)34-25-33(28-17-7-8-19-30(28)40(34)43-37)32-21-11-20-31-29-18-9-10-23-36(29)42-39(31)32/h1-25H. The predicted molar refractivity (Wildman–Crippen MR) is 190 cm³/mol. The van der Waals surface area contributed by atoms with E-state index in [1.54, 1.807) is 0 Å². The Labute approximate surface area is 257 Å². The molecular formula is C40H25NS2. The fourth-order valence-corrected chi connectivity index (χ4v) is 9.05. The van der Waals surface area contributed by atoms with Gasteiger partial charge in [-0.25, -0.2) is 0 Å². The average Bonchev–Trinajstić information content (AvgIpc) is 3.65. The van der Waals surface area contributed by atoms with E-state index in [9.17, 15) is 0 Å². The first-order valence-electron chi connectivity index (χ1n) is 14.5. The number of nitrogens with zero attached hydrogens (tertiary/aromatic N) is 1. The lowest BCUT2D eigenvalue weighted by Gasteiger charge is -2.26. The van der Waals surface area contributed by atoms with Crippen molar-refractivity contribution in [3.05, 3.63) is 152 Å². The Morgan fingerprint density at radius 3 is 1.70 bits per heavy atom. The SMILES string of the molecule is c1ccc(N(c2ccccc2)c2cccc3sc4c5ccccc5c(-c5cccc6c5sc5ccccc56)cc4c23)cc1. The van der Waals surface area contributed by atoms with Gasteiger partial charge in [0.25, 0.3) is 0 Å². The molecule has 9 aromatic rings. The molecule has 0 spiro atoms. The second-order valence-electron chi connectivity index (χ2n) is 10.9. The van der Waals surface area contributed by atoms with Crippen LogP contribution in [0.25, 0.3) is 62.2 Å². The summed E-state index contributed by atoms with van der Waals surface area (Å²) in [4.78, 5) is 2.40. The van der Waals surface area contributed by atoms with Crippen LogP contribution < -0.4 is 4.90 Å². The summed E-state index contributed by atoms with van der Waals surface area (Å²) in [5.74, 6) is 0. The number of thiophene rings is 2. The molecule has 0 fully saturated rings. The van der Waals surface area contributed by atoms with Gasteiger partial charge in [0.2, 0.25) is 0 Å². The lowest BCUT2D eigenvalue weighted by Crippen LogP contribution is -2.09. The number of hydrogen-bond donors (Lipinski definition) is 0. The Hall–Kier alpha value is -4.96. The van der Waals surface area contributed by atoms with Crippen molar-refractivity contribution in [3.8, 4) is 11.1 Å². The molecule has 9 rings (SSSR count). The molecule has 0 atom stereocenters. The molecule has 7 aromatic carbocycles. The second kappa shape index (κ2) is 9.81. The normalized spacial score (nSPS) is 11.7. The molecule has 0 amide bonds. The van der Waals surface area contributed by atoms with Crippen molar-refractivity contribution < 1.29 is 0 Å². The lowest BCUT2D eigenvalue weighted by molar-refractivity contribution is 1.30. The number of fused-ring (bicyclic) bond motifs is 8. The maximum atomic E-state index is 2.47. The average molecular weight is 584 g/mol. The minimum absolute atomic E-state index is 1.15. The Morgan fingerprint density at radius 2 is 0.930 bits per heavy atom. The smallest absolute Gasteiger partial charge is 0.0554 e. The van der Waals surface area contributed by atoms with Crippen LogP contribution in [0.15, 0.2) is 152 Å². The van der Waals surface area contributed by atoms with Crippen molar-refractivity contribution in [1.29, 1.82) is 0 Å². The van der Waals surface area contributed by atoms with Gasteiger partial charge < -0.3 is 4.90 Å². The van der Waals surface area contributed by atoms with Gasteiger partial charge in [0.1, 0.15) is 0 Å². The van der Waals surface area contributed by atoms with Crippen LogP contribution in [0, 0.1) is 0 Å². The summed E-state index contributed by atoms with van der Waals surface area (Å²) in [7, 11) is 0. The van der Waals surface area contributed by atoms with Gasteiger partial charge in [0, 0.05) is 62.7 Å². The van der Waals surface area contributed by atoms with E-state index in [0.29, 0.717) is 0 Å². The van der Waals surface area contributed by atoms with Gasteiger partial charge in [-0.15, -0.1) is 22.7 Å². The predicted octanol–water partition coefficient (Wildman–Crippen LogP) is 12.7. The molecule has 2 aromatic heterocycles. The van der Waals surface area contributed by atoms with Gasteiger partial charge in [-0.2, -0.15) is 0 Å². The number of benzene rings is 7. The summed E-state index contributed by atoms with van der Waals surface area (Å²) in [6.45, 7) is 0. The quantitative estimate of drug-likeness (QED) is 0.199. The molecule has 0 N–H and O–H groups in total. The van der Waals surface area contributed by atoms with Crippen LogP contribution in [0.1, 0.15) is 0 Å². The molecule has 0 aliphatic carbocycles. The van der Waals surface area contributed by atoms with Crippen molar-refractivity contribution in [1.82, 2.24) is 0 Å². The Bertz CT molecular complexity index is 2410. The Kier molecular flexibility index (Phi) is 5.62. The fraction of sp³-hybridized carbons (Fsp3) is 0. The van der Waals surface area contributed by atoms with Crippen LogP contribution in [-0.2, 0) is 0 Å². The molecule has 0 aliphatic rings. The molecule has 202 valence electrons. The first-order chi connectivity index (χ1) is 21.3. The largest absolute Gasteiger partial charge is 0.310 e. The molecule has 3 heteroatoms. The maximum Gasteiger partial charge on any atom is 0.0554 e. The highest BCUT2D eigenvalue weighted by Crippen LogP contribution is 2.49. The highest BCUT2D eigenvalue weighted by molar-refractivity contribution is 7.27. The Morgan fingerprint density at radius 1 is 0.372 bits per heavy atom. The first-order valence-corrected chi connectivity index (χ1v) is 16.2. The van der Waals surface area contributed by atoms with E-state index in [4.69, 9.17) is 0 Å². The molecule has 0 radical (unpaired) electrons. The van der Waals surface area contributed by atoms with E-state index < -0.39 is 0 Å². The van der Waals surface area contributed by atoms with Crippen molar-refractivity contribution in [2.45, 2.75) is 0 Å². The minimum Gasteiger partial charge on any atom is -0.310 e. The molecule has 0 bridgehead atoms. The van der Waals surface area contributed by atoms with E-state index in [-0.39, 0.29) is 0 Å². The molecule has 0 unspecified atom stereocenters. The van der Waals surface area contributed by atoms with Crippen molar-refractivity contribution in [3.63, 3.8) is 0 Å². The van der Waals surface area contributed by atoms with E-state index in [0.717, 1.165) is 11.4 Å². The van der Waals surface area contributed by atoms with Gasteiger partial charge in [-0.1, -0.05) is 103 Å². The molecule has 2 heterocycles. The topological polar surface area (TPSA) is 3.24 Å². The number of anilines is 3. The minimum atomic E-state index is 1.15. The maximum absolute atomic E-state index is 2.47. The molecule has 43 heavy (non-hydrogen) atoms. The van der Waals surface area contributed by atoms with E-state index in [2.05, 4.69) is 157 Å². The number of para-hydroxylation sites is 2. The van der Waals surface area contributed by atoms with Crippen LogP contribution in [0.5, 0.6) is 0 Å².